The topological polar surface area (TPSA) is 48.1 Å². The van der Waals surface area contributed by atoms with Crippen molar-refractivity contribution >= 4 is 5.69 Å². The zero-order valence-electron chi connectivity index (χ0n) is 8.47. The minimum atomic E-state index is 0.553. The van der Waals surface area contributed by atoms with E-state index >= 15 is 0 Å². The number of pyridine rings is 1. The van der Waals surface area contributed by atoms with Crippen molar-refractivity contribution < 1.29 is 4.74 Å². The quantitative estimate of drug-likeness (QED) is 0.809. The molecule has 0 bridgehead atoms. The van der Waals surface area contributed by atoms with Gasteiger partial charge in [0.05, 0.1) is 24.7 Å². The van der Waals surface area contributed by atoms with Crippen LogP contribution in [-0.4, -0.2) is 12.1 Å². The number of anilines is 1. The van der Waals surface area contributed by atoms with Crippen molar-refractivity contribution in [1.29, 1.82) is 0 Å². The molecule has 76 valence electrons. The number of benzene rings is 1. The molecule has 0 saturated heterocycles. The van der Waals surface area contributed by atoms with Crippen LogP contribution < -0.4 is 10.5 Å². The molecule has 0 aliphatic carbocycles. The molecule has 0 unspecified atom stereocenters. The van der Waals surface area contributed by atoms with Gasteiger partial charge in [-0.05, 0) is 0 Å². The van der Waals surface area contributed by atoms with Gasteiger partial charge < -0.3 is 10.5 Å². The van der Waals surface area contributed by atoms with E-state index < -0.39 is 0 Å². The smallest absolute Gasteiger partial charge is 0.145 e. The maximum Gasteiger partial charge on any atom is 0.145 e. The first-order valence-electron chi connectivity index (χ1n) is 4.66. The predicted octanol–water partition coefficient (Wildman–Crippen LogP) is 2.34. The highest BCUT2D eigenvalue weighted by atomic mass is 16.5. The number of aromatic nitrogens is 1. The van der Waals surface area contributed by atoms with Crippen molar-refractivity contribution in [1.82, 2.24) is 4.98 Å². The molecule has 2 rings (SSSR count). The molecule has 1 aromatic carbocycles. The van der Waals surface area contributed by atoms with Crippen molar-refractivity contribution in [3.05, 3.63) is 42.6 Å². The predicted molar refractivity (Wildman–Crippen MR) is 60.6 cm³/mol. The lowest BCUT2D eigenvalue weighted by atomic mass is 10.1. The van der Waals surface area contributed by atoms with Gasteiger partial charge in [-0.3, -0.25) is 4.98 Å². The van der Waals surface area contributed by atoms with Gasteiger partial charge in [0.15, 0.2) is 0 Å². The molecule has 0 radical (unpaired) electrons. The van der Waals surface area contributed by atoms with Crippen molar-refractivity contribution in [2.45, 2.75) is 0 Å². The number of nitrogen functional groups attached to an aromatic ring is 1. The van der Waals surface area contributed by atoms with E-state index in [1.54, 1.807) is 13.3 Å². The molecule has 1 aromatic heterocycles. The molecular weight excluding hydrogens is 188 g/mol. The lowest BCUT2D eigenvalue weighted by molar-refractivity contribution is 0.416. The zero-order chi connectivity index (χ0) is 10.7. The van der Waals surface area contributed by atoms with Crippen molar-refractivity contribution in [2.75, 3.05) is 12.8 Å². The minimum absolute atomic E-state index is 0.553. The standard InChI is InChI=1S/C12H12N2O/c1-15-12-7-11(14-8-10(12)13)9-5-3-2-4-6-9/h2-8H,13H2,1H3. The van der Waals surface area contributed by atoms with Crippen LogP contribution >= 0.6 is 0 Å². The Hall–Kier alpha value is -2.03. The molecule has 0 aliphatic heterocycles. The van der Waals surface area contributed by atoms with Crippen LogP contribution in [0.3, 0.4) is 0 Å². The highest BCUT2D eigenvalue weighted by Crippen LogP contribution is 2.25. The van der Waals surface area contributed by atoms with Crippen molar-refractivity contribution in [2.24, 2.45) is 0 Å². The molecule has 1 heterocycles. The van der Waals surface area contributed by atoms with E-state index in [4.69, 9.17) is 10.5 Å². The monoisotopic (exact) mass is 200 g/mol. The third-order valence-electron chi connectivity index (χ3n) is 2.18. The summed E-state index contributed by atoms with van der Waals surface area (Å²) >= 11 is 0. The Bertz CT molecular complexity index is 454. The minimum Gasteiger partial charge on any atom is -0.494 e. The lowest BCUT2D eigenvalue weighted by Gasteiger charge is -2.06. The van der Waals surface area contributed by atoms with Gasteiger partial charge in [0.25, 0.3) is 0 Å². The second kappa shape index (κ2) is 4.00. The van der Waals surface area contributed by atoms with E-state index in [0.717, 1.165) is 11.3 Å². The first-order valence-corrected chi connectivity index (χ1v) is 4.66. The summed E-state index contributed by atoms with van der Waals surface area (Å²) in [7, 11) is 1.60. The maximum absolute atomic E-state index is 5.69. The highest BCUT2D eigenvalue weighted by molar-refractivity contribution is 5.65. The molecule has 0 atom stereocenters. The Kier molecular flexibility index (Phi) is 2.54. The zero-order valence-corrected chi connectivity index (χ0v) is 8.47. The second-order valence-electron chi connectivity index (χ2n) is 3.18. The summed E-state index contributed by atoms with van der Waals surface area (Å²) in [4.78, 5) is 4.25. The molecule has 0 saturated carbocycles. The summed E-state index contributed by atoms with van der Waals surface area (Å²) in [5.41, 5.74) is 8.16. The van der Waals surface area contributed by atoms with E-state index in [9.17, 15) is 0 Å². The number of hydrogen-bond acceptors (Lipinski definition) is 3. The second-order valence-corrected chi connectivity index (χ2v) is 3.18. The van der Waals surface area contributed by atoms with Gasteiger partial charge in [0.1, 0.15) is 5.75 Å². The van der Waals surface area contributed by atoms with Gasteiger partial charge in [-0.15, -0.1) is 0 Å². The summed E-state index contributed by atoms with van der Waals surface area (Å²) in [6, 6.07) is 11.7. The van der Waals surface area contributed by atoms with E-state index in [1.165, 1.54) is 0 Å². The van der Waals surface area contributed by atoms with Gasteiger partial charge in [-0.25, -0.2) is 0 Å². The first kappa shape index (κ1) is 9.52. The Labute approximate surface area is 88.5 Å². The highest BCUT2D eigenvalue weighted by Gasteiger charge is 2.03. The summed E-state index contributed by atoms with van der Waals surface area (Å²) in [6.07, 6.45) is 1.61. The summed E-state index contributed by atoms with van der Waals surface area (Å²) in [6.45, 7) is 0. The number of nitrogens with two attached hydrogens (primary N) is 1. The molecule has 2 N–H and O–H groups in total. The van der Waals surface area contributed by atoms with Gasteiger partial charge in [0, 0.05) is 11.6 Å². The van der Waals surface area contributed by atoms with Crippen molar-refractivity contribution in [3.63, 3.8) is 0 Å². The molecule has 0 spiro atoms. The Morgan fingerprint density at radius 3 is 2.60 bits per heavy atom. The number of methoxy groups -OCH3 is 1. The van der Waals surface area contributed by atoms with Crippen LogP contribution in [0.2, 0.25) is 0 Å². The SMILES string of the molecule is COc1cc(-c2ccccc2)ncc1N. The maximum atomic E-state index is 5.69. The fourth-order valence-corrected chi connectivity index (χ4v) is 1.39. The molecule has 2 aromatic rings. The molecule has 15 heavy (non-hydrogen) atoms. The fraction of sp³-hybridized carbons (Fsp3) is 0.0833. The molecule has 0 fully saturated rings. The van der Waals surface area contributed by atoms with E-state index in [2.05, 4.69) is 4.98 Å². The van der Waals surface area contributed by atoms with E-state index in [-0.39, 0.29) is 0 Å². The molecule has 0 aliphatic rings. The molecule has 0 amide bonds. The van der Waals surface area contributed by atoms with Gasteiger partial charge >= 0.3 is 0 Å². The van der Waals surface area contributed by atoms with Gasteiger partial charge in [0.2, 0.25) is 0 Å². The van der Waals surface area contributed by atoms with Crippen LogP contribution in [0.5, 0.6) is 5.75 Å². The average molecular weight is 200 g/mol. The largest absolute Gasteiger partial charge is 0.494 e. The Morgan fingerprint density at radius 2 is 1.93 bits per heavy atom. The number of nitrogens with zero attached hydrogens (tertiary/aromatic N) is 1. The molecule has 3 nitrogen and oxygen atoms in total. The number of rotatable bonds is 2. The lowest BCUT2D eigenvalue weighted by Crippen LogP contribution is -1.94. The Balaban J connectivity index is 2.46. The van der Waals surface area contributed by atoms with E-state index in [0.29, 0.717) is 11.4 Å². The van der Waals surface area contributed by atoms with Crippen LogP contribution in [0.1, 0.15) is 0 Å². The van der Waals surface area contributed by atoms with E-state index in [1.807, 2.05) is 36.4 Å². The van der Waals surface area contributed by atoms with Crippen LogP contribution in [0.4, 0.5) is 5.69 Å². The Morgan fingerprint density at radius 1 is 1.20 bits per heavy atom. The van der Waals surface area contributed by atoms with Gasteiger partial charge in [-0.2, -0.15) is 0 Å². The third-order valence-corrected chi connectivity index (χ3v) is 2.18. The third kappa shape index (κ3) is 1.91. The molecular formula is C12H12N2O. The molecule has 3 heteroatoms. The normalized spacial score (nSPS) is 9.93. The summed E-state index contributed by atoms with van der Waals surface area (Å²) in [5, 5.41) is 0. The van der Waals surface area contributed by atoms with Crippen LogP contribution in [0.25, 0.3) is 11.3 Å². The fourth-order valence-electron chi connectivity index (χ4n) is 1.39. The average Bonchev–Trinajstić information content (AvgIpc) is 2.31. The first-order chi connectivity index (χ1) is 7.31. The summed E-state index contributed by atoms with van der Waals surface area (Å²) < 4.78 is 5.14. The number of ether oxygens (including phenoxy) is 1. The summed E-state index contributed by atoms with van der Waals surface area (Å²) in [5.74, 6) is 0.656. The number of hydrogen-bond donors (Lipinski definition) is 1. The van der Waals surface area contributed by atoms with Crippen LogP contribution in [0.15, 0.2) is 42.6 Å². The van der Waals surface area contributed by atoms with Crippen LogP contribution in [-0.2, 0) is 0 Å². The van der Waals surface area contributed by atoms with Crippen molar-refractivity contribution in [3.8, 4) is 17.0 Å². The van der Waals surface area contributed by atoms with Gasteiger partial charge in [-0.1, -0.05) is 30.3 Å². The van der Waals surface area contributed by atoms with Crippen LogP contribution in [0, 0.1) is 0 Å².